The van der Waals surface area contributed by atoms with Gasteiger partial charge in [0, 0.05) is 11.6 Å². The van der Waals surface area contributed by atoms with E-state index in [1.54, 1.807) is 23.1 Å². The molecular weight excluding hydrogens is 400 g/mol. The normalized spacial score (nSPS) is 16.0. The number of halogens is 1. The van der Waals surface area contributed by atoms with Crippen molar-refractivity contribution < 1.29 is 9.21 Å². The van der Waals surface area contributed by atoms with Gasteiger partial charge in [0.25, 0.3) is 5.91 Å². The molecule has 0 saturated carbocycles. The standard InChI is InChI=1S/C24H25ClN2O3/c1-4-15-6-8-16(9-7-15)21-20-22(28)18-14-17(25)10-11-19(18)30-23(20)24(29)27(21)13-5-12-26(2)3/h6-11,14,21H,4-5,12-13H2,1-3H3. The number of fused-ring (bicyclic) bond motifs is 2. The minimum Gasteiger partial charge on any atom is -0.450 e. The highest BCUT2D eigenvalue weighted by molar-refractivity contribution is 6.31. The molecule has 0 aliphatic carbocycles. The molecule has 0 saturated heterocycles. The second-order valence-electron chi connectivity index (χ2n) is 7.97. The summed E-state index contributed by atoms with van der Waals surface area (Å²) in [5.74, 6) is -0.0912. The summed E-state index contributed by atoms with van der Waals surface area (Å²) in [6, 6.07) is 12.6. The predicted octanol–water partition coefficient (Wildman–Crippen LogP) is 4.51. The van der Waals surface area contributed by atoms with Crippen LogP contribution < -0.4 is 5.43 Å². The van der Waals surface area contributed by atoms with Crippen LogP contribution in [0.25, 0.3) is 11.0 Å². The molecule has 3 aromatic rings. The van der Waals surface area contributed by atoms with Gasteiger partial charge in [-0.2, -0.15) is 0 Å². The number of benzene rings is 2. The molecule has 2 heterocycles. The van der Waals surface area contributed by atoms with Gasteiger partial charge in [-0.15, -0.1) is 0 Å². The molecule has 0 N–H and O–H groups in total. The van der Waals surface area contributed by atoms with E-state index in [0.717, 1.165) is 24.9 Å². The molecule has 1 unspecified atom stereocenters. The average molecular weight is 425 g/mol. The lowest BCUT2D eigenvalue weighted by molar-refractivity contribution is 0.0722. The van der Waals surface area contributed by atoms with E-state index in [-0.39, 0.29) is 17.1 Å². The van der Waals surface area contributed by atoms with E-state index in [2.05, 4.69) is 24.0 Å². The van der Waals surface area contributed by atoms with Gasteiger partial charge in [0.05, 0.1) is 17.0 Å². The highest BCUT2D eigenvalue weighted by Crippen LogP contribution is 2.38. The van der Waals surface area contributed by atoms with Crippen molar-refractivity contribution in [2.24, 2.45) is 0 Å². The van der Waals surface area contributed by atoms with Crippen molar-refractivity contribution in [2.75, 3.05) is 27.2 Å². The van der Waals surface area contributed by atoms with Crippen LogP contribution in [0, 0.1) is 0 Å². The summed E-state index contributed by atoms with van der Waals surface area (Å²) in [6.07, 6.45) is 1.73. The van der Waals surface area contributed by atoms with Crippen molar-refractivity contribution in [3.63, 3.8) is 0 Å². The molecule has 1 aliphatic rings. The molecule has 4 rings (SSSR count). The molecule has 0 bridgehead atoms. The van der Waals surface area contributed by atoms with Gasteiger partial charge in [0.15, 0.2) is 5.43 Å². The van der Waals surface area contributed by atoms with E-state index in [0.29, 0.717) is 28.1 Å². The van der Waals surface area contributed by atoms with Crippen LogP contribution in [0.5, 0.6) is 0 Å². The Morgan fingerprint density at radius 1 is 1.10 bits per heavy atom. The van der Waals surface area contributed by atoms with Crippen molar-refractivity contribution in [3.05, 3.63) is 80.2 Å². The molecule has 1 atom stereocenters. The predicted molar refractivity (Wildman–Crippen MR) is 119 cm³/mol. The Bertz CT molecular complexity index is 1150. The first-order chi connectivity index (χ1) is 14.4. The van der Waals surface area contributed by atoms with E-state index in [4.69, 9.17) is 16.0 Å². The lowest BCUT2D eigenvalue weighted by atomic mass is 9.97. The summed E-state index contributed by atoms with van der Waals surface area (Å²) in [4.78, 5) is 30.6. The topological polar surface area (TPSA) is 53.8 Å². The minimum absolute atomic E-state index is 0.143. The monoisotopic (exact) mass is 424 g/mol. The van der Waals surface area contributed by atoms with Crippen LogP contribution in [0.4, 0.5) is 0 Å². The molecule has 1 amide bonds. The second kappa shape index (κ2) is 8.25. The largest absolute Gasteiger partial charge is 0.450 e. The van der Waals surface area contributed by atoms with Crippen LogP contribution in [0.3, 0.4) is 0 Å². The van der Waals surface area contributed by atoms with Crippen molar-refractivity contribution in [1.82, 2.24) is 9.80 Å². The number of aryl methyl sites for hydroxylation is 1. The van der Waals surface area contributed by atoms with Gasteiger partial charge in [0.1, 0.15) is 5.58 Å². The van der Waals surface area contributed by atoms with E-state index < -0.39 is 6.04 Å². The number of rotatable bonds is 6. The SMILES string of the molecule is CCc1ccc(C2c3c(oc4ccc(Cl)cc4c3=O)C(=O)N2CCCN(C)C)cc1. The zero-order valence-electron chi connectivity index (χ0n) is 17.4. The Labute approximate surface area is 180 Å². The first kappa shape index (κ1) is 20.6. The third kappa shape index (κ3) is 3.64. The maximum atomic E-state index is 13.4. The van der Waals surface area contributed by atoms with Crippen molar-refractivity contribution in [2.45, 2.75) is 25.8 Å². The van der Waals surface area contributed by atoms with Crippen LogP contribution in [0.2, 0.25) is 5.02 Å². The summed E-state index contributed by atoms with van der Waals surface area (Å²) in [5, 5.41) is 0.866. The molecule has 30 heavy (non-hydrogen) atoms. The summed E-state index contributed by atoms with van der Waals surface area (Å²) in [5.41, 5.74) is 2.72. The minimum atomic E-state index is -0.458. The molecule has 5 nitrogen and oxygen atoms in total. The highest BCUT2D eigenvalue weighted by atomic mass is 35.5. The highest BCUT2D eigenvalue weighted by Gasteiger charge is 2.42. The zero-order chi connectivity index (χ0) is 21.4. The molecular formula is C24H25ClN2O3. The number of hydrogen-bond donors (Lipinski definition) is 0. The van der Waals surface area contributed by atoms with Crippen LogP contribution >= 0.6 is 11.6 Å². The summed E-state index contributed by atoms with van der Waals surface area (Å²) in [7, 11) is 4.01. The lowest BCUT2D eigenvalue weighted by Crippen LogP contribution is -2.32. The molecule has 1 aliphatic heterocycles. The molecule has 0 radical (unpaired) electrons. The first-order valence-corrected chi connectivity index (χ1v) is 10.6. The van der Waals surface area contributed by atoms with Gasteiger partial charge in [0.2, 0.25) is 5.76 Å². The van der Waals surface area contributed by atoms with Gasteiger partial charge < -0.3 is 14.2 Å². The van der Waals surface area contributed by atoms with Gasteiger partial charge in [-0.1, -0.05) is 42.8 Å². The Morgan fingerprint density at radius 2 is 1.83 bits per heavy atom. The number of amides is 1. The third-order valence-corrected chi connectivity index (χ3v) is 5.87. The summed E-state index contributed by atoms with van der Waals surface area (Å²) in [6.45, 7) is 3.49. The van der Waals surface area contributed by atoms with Crippen LogP contribution in [0.1, 0.15) is 46.6 Å². The molecule has 6 heteroatoms. The third-order valence-electron chi connectivity index (χ3n) is 5.64. The van der Waals surface area contributed by atoms with Crippen molar-refractivity contribution >= 4 is 28.5 Å². The quantitative estimate of drug-likeness (QED) is 0.584. The van der Waals surface area contributed by atoms with Crippen molar-refractivity contribution in [3.8, 4) is 0 Å². The van der Waals surface area contributed by atoms with E-state index in [1.807, 2.05) is 26.2 Å². The Hall–Kier alpha value is -2.63. The number of carbonyl (C=O) groups is 1. The molecule has 1 aromatic heterocycles. The van der Waals surface area contributed by atoms with Crippen molar-refractivity contribution in [1.29, 1.82) is 0 Å². The van der Waals surface area contributed by atoms with Crippen LogP contribution in [-0.2, 0) is 6.42 Å². The Morgan fingerprint density at radius 3 is 2.50 bits per heavy atom. The zero-order valence-corrected chi connectivity index (χ0v) is 18.2. The van der Waals surface area contributed by atoms with Gasteiger partial charge in [-0.05, 0) is 62.8 Å². The second-order valence-corrected chi connectivity index (χ2v) is 8.40. The maximum absolute atomic E-state index is 13.4. The fraction of sp³-hybridized carbons (Fsp3) is 0.333. The molecule has 2 aromatic carbocycles. The van der Waals surface area contributed by atoms with E-state index in [1.165, 1.54) is 5.56 Å². The van der Waals surface area contributed by atoms with Gasteiger partial charge >= 0.3 is 0 Å². The Balaban J connectivity index is 1.86. The molecule has 156 valence electrons. The number of hydrogen-bond acceptors (Lipinski definition) is 4. The van der Waals surface area contributed by atoms with Gasteiger partial charge in [-0.3, -0.25) is 9.59 Å². The first-order valence-electron chi connectivity index (χ1n) is 10.2. The van der Waals surface area contributed by atoms with E-state index >= 15 is 0 Å². The lowest BCUT2D eigenvalue weighted by Gasteiger charge is -2.26. The fourth-order valence-electron chi connectivity index (χ4n) is 4.06. The Kier molecular flexibility index (Phi) is 5.67. The smallest absolute Gasteiger partial charge is 0.290 e. The van der Waals surface area contributed by atoms with Crippen LogP contribution in [-0.4, -0.2) is 42.9 Å². The molecule has 0 spiro atoms. The van der Waals surface area contributed by atoms with Gasteiger partial charge in [-0.25, -0.2) is 0 Å². The number of carbonyl (C=O) groups excluding carboxylic acids is 1. The number of nitrogens with zero attached hydrogens (tertiary/aromatic N) is 2. The fourth-order valence-corrected chi connectivity index (χ4v) is 4.23. The van der Waals surface area contributed by atoms with Crippen LogP contribution in [0.15, 0.2) is 51.7 Å². The summed E-state index contributed by atoms with van der Waals surface area (Å²) >= 11 is 6.12. The molecule has 0 fully saturated rings. The maximum Gasteiger partial charge on any atom is 0.290 e. The van der Waals surface area contributed by atoms with E-state index in [9.17, 15) is 9.59 Å². The average Bonchev–Trinajstić information content (AvgIpc) is 3.01. The summed E-state index contributed by atoms with van der Waals surface area (Å²) < 4.78 is 5.95.